The van der Waals surface area contributed by atoms with Crippen LogP contribution < -0.4 is 0 Å². The van der Waals surface area contributed by atoms with Crippen LogP contribution in [0.2, 0.25) is 0 Å². The highest BCUT2D eigenvalue weighted by atomic mass is 79.9. The van der Waals surface area contributed by atoms with Crippen LogP contribution in [0.3, 0.4) is 0 Å². The first kappa shape index (κ1) is 24.5. The number of hydrogen-bond donors (Lipinski definition) is 0. The molecule has 1 aliphatic rings. The summed E-state index contributed by atoms with van der Waals surface area (Å²) >= 11 is 5.02. The number of para-hydroxylation sites is 1. The Morgan fingerprint density at radius 2 is 1.79 bits per heavy atom. The molecule has 2 amide bonds. The molecule has 1 atom stereocenters. The third-order valence-corrected chi connectivity index (χ3v) is 7.45. The molecule has 9 heteroatoms. The Balaban J connectivity index is 1.25. The van der Waals surface area contributed by atoms with Crippen LogP contribution in [0.25, 0.3) is 5.69 Å². The van der Waals surface area contributed by atoms with Crippen molar-refractivity contribution in [3.63, 3.8) is 0 Å². The highest BCUT2D eigenvalue weighted by Gasteiger charge is 2.30. The molecule has 0 saturated carbocycles. The number of carbonyl (C=O) groups is 2. The quantitative estimate of drug-likeness (QED) is 0.323. The van der Waals surface area contributed by atoms with Crippen LogP contribution in [0, 0.1) is 6.92 Å². The summed E-state index contributed by atoms with van der Waals surface area (Å²) in [5.74, 6) is 1.79. The Labute approximate surface area is 212 Å². The Morgan fingerprint density at radius 3 is 2.50 bits per heavy atom. The summed E-state index contributed by atoms with van der Waals surface area (Å²) in [4.78, 5) is 29.4. The molecule has 4 rings (SSSR count). The number of hydrogen-bond acceptors (Lipinski definition) is 5. The fraction of sp³-hybridized carbons (Fsp3) is 0.360. The zero-order valence-corrected chi connectivity index (χ0v) is 21.8. The monoisotopic (exact) mass is 541 g/mol. The molecule has 0 spiro atoms. The van der Waals surface area contributed by atoms with Crippen LogP contribution in [0.5, 0.6) is 0 Å². The lowest BCUT2D eigenvalue weighted by molar-refractivity contribution is -0.133. The third kappa shape index (κ3) is 5.70. The van der Waals surface area contributed by atoms with E-state index in [0.29, 0.717) is 31.6 Å². The minimum atomic E-state index is -0.0179. The minimum absolute atomic E-state index is 0.0151. The van der Waals surface area contributed by atoms with Crippen molar-refractivity contribution in [1.29, 1.82) is 0 Å². The molecule has 1 fully saturated rings. The van der Waals surface area contributed by atoms with E-state index in [4.69, 9.17) is 0 Å². The Hall–Kier alpha value is -2.65. The molecule has 0 aliphatic carbocycles. The second-order valence-electron chi connectivity index (χ2n) is 8.35. The fourth-order valence-corrected chi connectivity index (χ4v) is 5.30. The van der Waals surface area contributed by atoms with Gasteiger partial charge in [0.1, 0.15) is 5.82 Å². The van der Waals surface area contributed by atoms with Crippen LogP contribution >= 0.6 is 27.7 Å². The maximum atomic E-state index is 12.9. The smallest absolute Gasteiger partial charge is 0.254 e. The standard InChI is InChI=1S/C25H28BrN5O2S/c1-18-17-29(14-15-30(18)24(33)20-10-12-21(26)13-11-20)23(32)9-6-16-34-25-28-27-19(2)31(25)22-7-4-3-5-8-22/h3-5,7-8,10-13,18H,6,9,14-17H2,1-2H3. The molecule has 1 aliphatic heterocycles. The zero-order chi connectivity index (χ0) is 24.1. The summed E-state index contributed by atoms with van der Waals surface area (Å²) in [6, 6.07) is 17.4. The molecular weight excluding hydrogens is 514 g/mol. The normalized spacial score (nSPS) is 16.0. The number of benzene rings is 2. The van der Waals surface area contributed by atoms with Gasteiger partial charge < -0.3 is 9.80 Å². The first-order valence-corrected chi connectivity index (χ1v) is 13.2. The van der Waals surface area contributed by atoms with Crippen molar-refractivity contribution in [1.82, 2.24) is 24.6 Å². The lowest BCUT2D eigenvalue weighted by Gasteiger charge is -2.40. The number of aromatic nitrogens is 3. The number of aryl methyl sites for hydroxylation is 1. The van der Waals surface area contributed by atoms with E-state index in [1.807, 2.05) is 82.8 Å². The molecule has 7 nitrogen and oxygen atoms in total. The number of piperazine rings is 1. The molecule has 1 aromatic heterocycles. The number of rotatable bonds is 7. The molecule has 178 valence electrons. The second kappa shape index (κ2) is 11.2. The number of thioether (sulfide) groups is 1. The third-order valence-electron chi connectivity index (χ3n) is 5.91. The van der Waals surface area contributed by atoms with Gasteiger partial charge in [0, 0.05) is 53.6 Å². The van der Waals surface area contributed by atoms with Crippen molar-refractivity contribution < 1.29 is 9.59 Å². The first-order valence-electron chi connectivity index (χ1n) is 11.4. The van der Waals surface area contributed by atoms with Crippen LogP contribution in [-0.2, 0) is 4.79 Å². The molecule has 0 radical (unpaired) electrons. The zero-order valence-electron chi connectivity index (χ0n) is 19.4. The van der Waals surface area contributed by atoms with Crippen LogP contribution in [0.15, 0.2) is 64.2 Å². The Kier molecular flexibility index (Phi) is 8.05. The molecule has 1 saturated heterocycles. The highest BCUT2D eigenvalue weighted by molar-refractivity contribution is 9.10. The van der Waals surface area contributed by atoms with Crippen molar-refractivity contribution >= 4 is 39.5 Å². The van der Waals surface area contributed by atoms with Crippen molar-refractivity contribution in [2.45, 2.75) is 37.9 Å². The van der Waals surface area contributed by atoms with Crippen molar-refractivity contribution in [2.24, 2.45) is 0 Å². The van der Waals surface area contributed by atoms with Gasteiger partial charge in [-0.25, -0.2) is 0 Å². The molecule has 3 aromatic rings. The summed E-state index contributed by atoms with van der Waals surface area (Å²) in [7, 11) is 0. The maximum Gasteiger partial charge on any atom is 0.254 e. The molecule has 0 bridgehead atoms. The number of nitrogens with zero attached hydrogens (tertiary/aromatic N) is 5. The summed E-state index contributed by atoms with van der Waals surface area (Å²) < 4.78 is 2.98. The van der Waals surface area contributed by atoms with Gasteiger partial charge >= 0.3 is 0 Å². The first-order chi connectivity index (χ1) is 16.4. The van der Waals surface area contributed by atoms with Gasteiger partial charge in [-0.15, -0.1) is 10.2 Å². The van der Waals surface area contributed by atoms with Gasteiger partial charge in [-0.3, -0.25) is 14.2 Å². The number of amides is 2. The van der Waals surface area contributed by atoms with Gasteiger partial charge in [-0.1, -0.05) is 45.9 Å². The lowest BCUT2D eigenvalue weighted by Crippen LogP contribution is -2.55. The minimum Gasteiger partial charge on any atom is -0.339 e. The van der Waals surface area contributed by atoms with Gasteiger partial charge in [0.05, 0.1) is 0 Å². The van der Waals surface area contributed by atoms with Gasteiger partial charge in [0.2, 0.25) is 5.91 Å². The van der Waals surface area contributed by atoms with E-state index in [1.54, 1.807) is 11.8 Å². The molecule has 2 heterocycles. The van der Waals surface area contributed by atoms with E-state index in [1.165, 1.54) is 0 Å². The van der Waals surface area contributed by atoms with Crippen LogP contribution in [0.1, 0.15) is 35.9 Å². The van der Waals surface area contributed by atoms with E-state index < -0.39 is 0 Å². The summed E-state index contributed by atoms with van der Waals surface area (Å²) in [5.41, 5.74) is 1.71. The Bertz CT molecular complexity index is 1140. The van der Waals surface area contributed by atoms with E-state index >= 15 is 0 Å². The molecular formula is C25H28BrN5O2S. The van der Waals surface area contributed by atoms with E-state index in [0.717, 1.165) is 33.3 Å². The van der Waals surface area contributed by atoms with Gasteiger partial charge in [-0.05, 0) is 56.7 Å². The summed E-state index contributed by atoms with van der Waals surface area (Å²) in [6.45, 7) is 5.63. The molecule has 0 N–H and O–H groups in total. The van der Waals surface area contributed by atoms with E-state index in [2.05, 4.69) is 26.1 Å². The van der Waals surface area contributed by atoms with E-state index in [9.17, 15) is 9.59 Å². The number of carbonyl (C=O) groups excluding carboxylic acids is 2. The maximum absolute atomic E-state index is 12.9. The lowest BCUT2D eigenvalue weighted by atomic mass is 10.1. The average Bonchev–Trinajstić information content (AvgIpc) is 3.22. The highest BCUT2D eigenvalue weighted by Crippen LogP contribution is 2.23. The topological polar surface area (TPSA) is 71.3 Å². The molecule has 1 unspecified atom stereocenters. The molecule has 34 heavy (non-hydrogen) atoms. The predicted molar refractivity (Wildman–Crippen MR) is 137 cm³/mol. The van der Waals surface area contributed by atoms with Crippen LogP contribution in [0.4, 0.5) is 0 Å². The largest absolute Gasteiger partial charge is 0.339 e. The van der Waals surface area contributed by atoms with E-state index in [-0.39, 0.29) is 17.9 Å². The fourth-order valence-electron chi connectivity index (χ4n) is 4.10. The Morgan fingerprint density at radius 1 is 1.06 bits per heavy atom. The second-order valence-corrected chi connectivity index (χ2v) is 10.3. The van der Waals surface area contributed by atoms with Crippen molar-refractivity contribution in [3.8, 4) is 5.69 Å². The van der Waals surface area contributed by atoms with Gasteiger partial charge in [0.15, 0.2) is 5.16 Å². The summed E-state index contributed by atoms with van der Waals surface area (Å²) in [5, 5.41) is 9.36. The van der Waals surface area contributed by atoms with Gasteiger partial charge in [-0.2, -0.15) is 0 Å². The SMILES string of the molecule is Cc1nnc(SCCCC(=O)N2CCN(C(=O)c3ccc(Br)cc3)C(C)C2)n1-c1ccccc1. The average molecular weight is 543 g/mol. The van der Waals surface area contributed by atoms with Crippen molar-refractivity contribution in [2.75, 3.05) is 25.4 Å². The van der Waals surface area contributed by atoms with Crippen LogP contribution in [-0.4, -0.2) is 67.8 Å². The number of halogens is 1. The molecule has 2 aromatic carbocycles. The van der Waals surface area contributed by atoms with Gasteiger partial charge in [0.25, 0.3) is 5.91 Å². The predicted octanol–water partition coefficient (Wildman–Crippen LogP) is 4.58. The van der Waals surface area contributed by atoms with Crippen molar-refractivity contribution in [3.05, 3.63) is 70.5 Å². The summed E-state index contributed by atoms with van der Waals surface area (Å²) in [6.07, 6.45) is 1.25.